The Morgan fingerprint density at radius 1 is 1.29 bits per heavy atom. The molecule has 0 aliphatic carbocycles. The normalized spacial score (nSPS) is 16.7. The van der Waals surface area contributed by atoms with Gasteiger partial charge in [-0.25, -0.2) is 4.98 Å². The van der Waals surface area contributed by atoms with Gasteiger partial charge in [-0.1, -0.05) is 11.6 Å². The van der Waals surface area contributed by atoms with Gasteiger partial charge in [0.25, 0.3) is 0 Å². The number of halogens is 1. The Balaban J connectivity index is 2.07. The number of rotatable bonds is 1. The number of aryl methyl sites for hydroxylation is 1. The third-order valence-electron chi connectivity index (χ3n) is 3.17. The molecule has 0 saturated carbocycles. The summed E-state index contributed by atoms with van der Waals surface area (Å²) in [4.78, 5) is 6.66. The van der Waals surface area contributed by atoms with E-state index in [0.717, 1.165) is 37.3 Å². The van der Waals surface area contributed by atoms with Crippen molar-refractivity contribution in [3.05, 3.63) is 23.4 Å². The molecule has 1 saturated heterocycles. The summed E-state index contributed by atoms with van der Waals surface area (Å²) < 4.78 is 7.52. The van der Waals surface area contributed by atoms with Crippen LogP contribution < -0.4 is 4.90 Å². The van der Waals surface area contributed by atoms with Gasteiger partial charge in [-0.05, 0) is 12.1 Å². The minimum Gasteiger partial charge on any atom is -0.378 e. The highest BCUT2D eigenvalue weighted by Gasteiger charge is 2.16. The SMILES string of the molecule is Cn1c(N2CCOCC2)cc2nc(Cl)ccc21. The number of morpholine rings is 1. The standard InChI is InChI=1S/C12H14ClN3O/c1-15-10-2-3-11(13)14-9(10)8-12(15)16-4-6-17-7-5-16/h2-3,8H,4-7H2,1H3. The lowest BCUT2D eigenvalue weighted by Crippen LogP contribution is -2.37. The number of pyridine rings is 1. The molecular formula is C12H14ClN3O. The molecule has 1 fully saturated rings. The van der Waals surface area contributed by atoms with Crippen molar-refractivity contribution in [1.82, 2.24) is 9.55 Å². The van der Waals surface area contributed by atoms with Gasteiger partial charge >= 0.3 is 0 Å². The molecule has 0 bridgehead atoms. The Bertz CT molecular complexity index is 546. The van der Waals surface area contributed by atoms with Crippen LogP contribution in [0.15, 0.2) is 18.2 Å². The predicted molar refractivity (Wildman–Crippen MR) is 68.8 cm³/mol. The monoisotopic (exact) mass is 251 g/mol. The van der Waals surface area contributed by atoms with Crippen LogP contribution in [0.1, 0.15) is 0 Å². The molecule has 0 radical (unpaired) electrons. The van der Waals surface area contributed by atoms with Crippen molar-refractivity contribution in [2.75, 3.05) is 31.2 Å². The molecule has 1 aliphatic rings. The molecule has 3 heterocycles. The van der Waals surface area contributed by atoms with Crippen molar-refractivity contribution < 1.29 is 4.74 Å². The quantitative estimate of drug-likeness (QED) is 0.727. The van der Waals surface area contributed by atoms with Crippen LogP contribution >= 0.6 is 11.6 Å². The number of fused-ring (bicyclic) bond motifs is 1. The molecule has 0 atom stereocenters. The van der Waals surface area contributed by atoms with Crippen LogP contribution in [0.2, 0.25) is 5.15 Å². The van der Waals surface area contributed by atoms with Crippen molar-refractivity contribution in [2.24, 2.45) is 7.05 Å². The molecule has 0 unspecified atom stereocenters. The van der Waals surface area contributed by atoms with E-state index in [1.807, 2.05) is 12.1 Å². The van der Waals surface area contributed by atoms with E-state index in [1.165, 1.54) is 5.82 Å². The summed E-state index contributed by atoms with van der Waals surface area (Å²) >= 11 is 5.91. The van der Waals surface area contributed by atoms with Crippen molar-refractivity contribution in [2.45, 2.75) is 0 Å². The summed E-state index contributed by atoms with van der Waals surface area (Å²) in [6.07, 6.45) is 0. The summed E-state index contributed by atoms with van der Waals surface area (Å²) in [5, 5.41) is 0.539. The van der Waals surface area contributed by atoms with Gasteiger partial charge in [0, 0.05) is 26.2 Å². The highest BCUT2D eigenvalue weighted by Crippen LogP contribution is 2.25. The zero-order valence-corrected chi connectivity index (χ0v) is 10.4. The van der Waals surface area contributed by atoms with E-state index in [1.54, 1.807) is 0 Å². The van der Waals surface area contributed by atoms with Crippen LogP contribution in [0.4, 0.5) is 5.82 Å². The fourth-order valence-electron chi connectivity index (χ4n) is 2.27. The van der Waals surface area contributed by atoms with Gasteiger partial charge in [0.15, 0.2) is 0 Å². The highest BCUT2D eigenvalue weighted by atomic mass is 35.5. The van der Waals surface area contributed by atoms with Crippen molar-refractivity contribution in [1.29, 1.82) is 0 Å². The first kappa shape index (κ1) is 10.9. The van der Waals surface area contributed by atoms with Gasteiger partial charge in [0.2, 0.25) is 0 Å². The third-order valence-corrected chi connectivity index (χ3v) is 3.38. The van der Waals surface area contributed by atoms with Crippen molar-refractivity contribution in [3.63, 3.8) is 0 Å². The molecule has 0 N–H and O–H groups in total. The summed E-state index contributed by atoms with van der Waals surface area (Å²) in [7, 11) is 2.06. The van der Waals surface area contributed by atoms with Crippen LogP contribution in [-0.2, 0) is 11.8 Å². The van der Waals surface area contributed by atoms with E-state index >= 15 is 0 Å². The smallest absolute Gasteiger partial charge is 0.129 e. The number of ether oxygens (including phenoxy) is 1. The largest absolute Gasteiger partial charge is 0.378 e. The van der Waals surface area contributed by atoms with Crippen LogP contribution in [0.25, 0.3) is 11.0 Å². The average Bonchev–Trinajstić information content (AvgIpc) is 2.67. The van der Waals surface area contributed by atoms with E-state index < -0.39 is 0 Å². The lowest BCUT2D eigenvalue weighted by Gasteiger charge is -2.28. The topological polar surface area (TPSA) is 30.3 Å². The van der Waals surface area contributed by atoms with Gasteiger partial charge in [-0.2, -0.15) is 0 Å². The number of anilines is 1. The fourth-order valence-corrected chi connectivity index (χ4v) is 2.42. The Labute approximate surface area is 105 Å². The highest BCUT2D eigenvalue weighted by molar-refractivity contribution is 6.29. The first-order valence-electron chi connectivity index (χ1n) is 5.70. The van der Waals surface area contributed by atoms with Crippen LogP contribution in [-0.4, -0.2) is 35.9 Å². The molecule has 0 spiro atoms. The minimum atomic E-state index is 0.539. The van der Waals surface area contributed by atoms with E-state index in [0.29, 0.717) is 5.15 Å². The molecule has 2 aromatic rings. The van der Waals surface area contributed by atoms with E-state index in [4.69, 9.17) is 16.3 Å². The first-order chi connectivity index (χ1) is 8.25. The molecular weight excluding hydrogens is 238 g/mol. The Morgan fingerprint density at radius 2 is 2.06 bits per heavy atom. The van der Waals surface area contributed by atoms with Gasteiger partial charge < -0.3 is 14.2 Å². The summed E-state index contributed by atoms with van der Waals surface area (Å²) in [6.45, 7) is 3.43. The van der Waals surface area contributed by atoms with Crippen LogP contribution in [0.5, 0.6) is 0 Å². The van der Waals surface area contributed by atoms with Gasteiger partial charge in [-0.15, -0.1) is 0 Å². The van der Waals surface area contributed by atoms with Gasteiger partial charge in [0.1, 0.15) is 11.0 Å². The molecule has 1 aliphatic heterocycles. The van der Waals surface area contributed by atoms with Gasteiger partial charge in [0.05, 0.1) is 24.2 Å². The molecule has 3 rings (SSSR count). The lowest BCUT2D eigenvalue weighted by atomic mass is 10.4. The average molecular weight is 252 g/mol. The second kappa shape index (κ2) is 4.20. The van der Waals surface area contributed by atoms with E-state index in [2.05, 4.69) is 27.6 Å². The maximum absolute atomic E-state index is 5.91. The summed E-state index contributed by atoms with van der Waals surface area (Å²) in [6, 6.07) is 5.92. The number of hydrogen-bond donors (Lipinski definition) is 0. The van der Waals surface area contributed by atoms with Crippen LogP contribution in [0, 0.1) is 0 Å². The number of nitrogens with zero attached hydrogens (tertiary/aromatic N) is 3. The van der Waals surface area contributed by atoms with E-state index in [-0.39, 0.29) is 0 Å². The Kier molecular flexibility index (Phi) is 2.68. The minimum absolute atomic E-state index is 0.539. The van der Waals surface area contributed by atoms with E-state index in [9.17, 15) is 0 Å². The fraction of sp³-hybridized carbons (Fsp3) is 0.417. The molecule has 5 heteroatoms. The second-order valence-corrected chi connectivity index (χ2v) is 4.59. The molecule has 0 amide bonds. The lowest BCUT2D eigenvalue weighted by molar-refractivity contribution is 0.122. The van der Waals surface area contributed by atoms with Crippen molar-refractivity contribution >= 4 is 28.5 Å². The maximum Gasteiger partial charge on any atom is 0.129 e. The molecule has 90 valence electrons. The second-order valence-electron chi connectivity index (χ2n) is 4.20. The third kappa shape index (κ3) is 1.87. The molecule has 0 aromatic carbocycles. The molecule has 17 heavy (non-hydrogen) atoms. The first-order valence-corrected chi connectivity index (χ1v) is 6.08. The summed E-state index contributed by atoms with van der Waals surface area (Å²) in [5.41, 5.74) is 2.05. The predicted octanol–water partition coefficient (Wildman–Crippen LogP) is 2.06. The molecule has 4 nitrogen and oxygen atoms in total. The van der Waals surface area contributed by atoms with Crippen molar-refractivity contribution in [3.8, 4) is 0 Å². The zero-order valence-electron chi connectivity index (χ0n) is 9.69. The maximum atomic E-state index is 5.91. The Hall–Kier alpha value is -1.26. The number of aromatic nitrogens is 2. The number of hydrogen-bond acceptors (Lipinski definition) is 3. The molecule has 2 aromatic heterocycles. The summed E-state index contributed by atoms with van der Waals surface area (Å²) in [5.74, 6) is 1.18. The Morgan fingerprint density at radius 3 is 2.82 bits per heavy atom. The zero-order chi connectivity index (χ0) is 11.8. The van der Waals surface area contributed by atoms with Gasteiger partial charge in [-0.3, -0.25) is 0 Å². The van der Waals surface area contributed by atoms with Crippen LogP contribution in [0.3, 0.4) is 0 Å².